The van der Waals surface area contributed by atoms with Crippen LogP contribution in [0.4, 0.5) is 0 Å². The molecular weight excluding hydrogens is 269 g/mol. The molecule has 2 nitrogen and oxygen atoms in total. The maximum Gasteiger partial charge on any atom is 0.167 e. The summed E-state index contributed by atoms with van der Waals surface area (Å²) in [6.07, 6.45) is 0.228. The van der Waals surface area contributed by atoms with Crippen molar-refractivity contribution in [2.75, 3.05) is 0 Å². The van der Waals surface area contributed by atoms with Crippen molar-refractivity contribution in [3.8, 4) is 0 Å². The Hall–Kier alpha value is -1.38. The van der Waals surface area contributed by atoms with E-state index in [1.165, 1.54) is 0 Å². The summed E-state index contributed by atoms with van der Waals surface area (Å²) in [5.41, 5.74) is 2.48. The van der Waals surface area contributed by atoms with E-state index in [1.54, 1.807) is 12.1 Å². The monoisotopic (exact) mass is 279 g/mol. The minimum Gasteiger partial charge on any atom is -0.294 e. The van der Waals surface area contributed by atoms with E-state index >= 15 is 0 Å². The van der Waals surface area contributed by atoms with Crippen molar-refractivity contribution in [1.82, 2.24) is 4.98 Å². The van der Waals surface area contributed by atoms with Gasteiger partial charge in [0.2, 0.25) is 0 Å². The molecule has 1 aromatic heterocycles. The fraction of sp³-hybridized carbons (Fsp3) is 0.143. The molecule has 0 amide bonds. The largest absolute Gasteiger partial charge is 0.294 e. The van der Waals surface area contributed by atoms with Crippen LogP contribution >= 0.6 is 23.2 Å². The Morgan fingerprint density at radius 3 is 2.39 bits per heavy atom. The number of aromatic nitrogens is 1. The van der Waals surface area contributed by atoms with E-state index in [4.69, 9.17) is 23.2 Å². The van der Waals surface area contributed by atoms with E-state index in [1.807, 2.05) is 31.2 Å². The van der Waals surface area contributed by atoms with Gasteiger partial charge in [-0.1, -0.05) is 59.1 Å². The second-order valence-corrected chi connectivity index (χ2v) is 4.80. The lowest BCUT2D eigenvalue weighted by Crippen LogP contribution is -2.04. The quantitative estimate of drug-likeness (QED) is 0.625. The number of benzene rings is 1. The Balaban J connectivity index is 2.18. The van der Waals surface area contributed by atoms with Crippen LogP contribution in [0, 0.1) is 6.92 Å². The van der Waals surface area contributed by atoms with Gasteiger partial charge in [-0.2, -0.15) is 0 Å². The topological polar surface area (TPSA) is 30.0 Å². The molecule has 4 heteroatoms. The zero-order chi connectivity index (χ0) is 13.1. The van der Waals surface area contributed by atoms with Crippen LogP contribution in [0.15, 0.2) is 36.4 Å². The molecular formula is C14H11Cl2NO. The van der Waals surface area contributed by atoms with Crippen LogP contribution in [0.2, 0.25) is 10.3 Å². The zero-order valence-corrected chi connectivity index (χ0v) is 11.3. The summed E-state index contributed by atoms with van der Waals surface area (Å²) < 4.78 is 0. The molecule has 2 rings (SSSR count). The Labute approximate surface area is 116 Å². The van der Waals surface area contributed by atoms with Gasteiger partial charge in [0, 0.05) is 12.0 Å². The summed E-state index contributed by atoms with van der Waals surface area (Å²) in [5, 5.41) is 0.606. The number of ketones is 1. The number of carbonyl (C=O) groups is 1. The molecule has 0 aliphatic carbocycles. The van der Waals surface area contributed by atoms with Crippen LogP contribution in [-0.2, 0) is 6.42 Å². The molecule has 1 aromatic carbocycles. The first-order chi connectivity index (χ1) is 8.56. The van der Waals surface area contributed by atoms with Crippen LogP contribution in [0.1, 0.15) is 21.5 Å². The van der Waals surface area contributed by atoms with Crippen molar-refractivity contribution in [3.05, 3.63) is 63.4 Å². The number of Topliss-reactive ketones (excluding diaryl/α,β-unsaturated/α-hetero) is 1. The van der Waals surface area contributed by atoms with Crippen LogP contribution < -0.4 is 0 Å². The standard InChI is InChI=1S/C14H11Cl2NO/c1-9-2-4-10(5-3-9)12(18)8-11-6-7-13(15)17-14(11)16/h2-7H,8H2,1H3. The first kappa shape index (κ1) is 13.1. The molecule has 0 fully saturated rings. The molecule has 0 spiro atoms. The fourth-order valence-electron chi connectivity index (χ4n) is 1.59. The van der Waals surface area contributed by atoms with Crippen molar-refractivity contribution in [2.24, 2.45) is 0 Å². The summed E-state index contributed by atoms with van der Waals surface area (Å²) in [7, 11) is 0. The first-order valence-corrected chi connectivity index (χ1v) is 6.22. The van der Waals surface area contributed by atoms with E-state index in [0.29, 0.717) is 16.3 Å². The lowest BCUT2D eigenvalue weighted by atomic mass is 10.0. The average Bonchev–Trinajstić information content (AvgIpc) is 2.33. The number of carbonyl (C=O) groups excluding carboxylic acids is 1. The Bertz CT molecular complexity index is 579. The lowest BCUT2D eigenvalue weighted by molar-refractivity contribution is 0.0993. The van der Waals surface area contributed by atoms with Gasteiger partial charge in [0.15, 0.2) is 5.78 Å². The van der Waals surface area contributed by atoms with Crippen LogP contribution in [0.25, 0.3) is 0 Å². The summed E-state index contributed by atoms with van der Waals surface area (Å²) in [6, 6.07) is 10.8. The molecule has 0 radical (unpaired) electrons. The van der Waals surface area contributed by atoms with Crippen molar-refractivity contribution in [3.63, 3.8) is 0 Å². The normalized spacial score (nSPS) is 10.4. The Morgan fingerprint density at radius 2 is 1.78 bits per heavy atom. The number of halogens is 2. The third kappa shape index (κ3) is 3.09. The maximum atomic E-state index is 12.0. The van der Waals surface area contributed by atoms with E-state index in [2.05, 4.69) is 4.98 Å². The maximum absolute atomic E-state index is 12.0. The molecule has 0 saturated heterocycles. The first-order valence-electron chi connectivity index (χ1n) is 5.47. The predicted octanol–water partition coefficient (Wildman–Crippen LogP) is 4.12. The van der Waals surface area contributed by atoms with E-state index in [9.17, 15) is 4.79 Å². The molecule has 2 aromatic rings. The SMILES string of the molecule is Cc1ccc(C(=O)Cc2ccc(Cl)nc2Cl)cc1. The third-order valence-electron chi connectivity index (χ3n) is 2.62. The van der Waals surface area contributed by atoms with Gasteiger partial charge in [0.1, 0.15) is 10.3 Å². The van der Waals surface area contributed by atoms with Gasteiger partial charge >= 0.3 is 0 Å². The second kappa shape index (κ2) is 5.51. The number of nitrogens with zero attached hydrogens (tertiary/aromatic N) is 1. The van der Waals surface area contributed by atoms with Crippen LogP contribution in [0.5, 0.6) is 0 Å². The highest BCUT2D eigenvalue weighted by molar-refractivity contribution is 6.33. The second-order valence-electron chi connectivity index (χ2n) is 4.05. The van der Waals surface area contributed by atoms with Gasteiger partial charge in [-0.15, -0.1) is 0 Å². The van der Waals surface area contributed by atoms with Crippen LogP contribution in [0.3, 0.4) is 0 Å². The molecule has 0 unspecified atom stereocenters. The predicted molar refractivity (Wildman–Crippen MR) is 73.5 cm³/mol. The number of hydrogen-bond acceptors (Lipinski definition) is 2. The smallest absolute Gasteiger partial charge is 0.167 e. The number of aryl methyl sites for hydroxylation is 1. The number of rotatable bonds is 3. The fourth-order valence-corrected chi connectivity index (χ4v) is 2.00. The molecule has 0 bridgehead atoms. The molecule has 0 aliphatic heterocycles. The van der Waals surface area contributed by atoms with Crippen molar-refractivity contribution in [1.29, 1.82) is 0 Å². The van der Waals surface area contributed by atoms with Gasteiger partial charge < -0.3 is 0 Å². The summed E-state index contributed by atoms with van der Waals surface area (Å²) >= 11 is 11.6. The van der Waals surface area contributed by atoms with Crippen molar-refractivity contribution < 1.29 is 4.79 Å². The van der Waals surface area contributed by atoms with Crippen LogP contribution in [-0.4, -0.2) is 10.8 Å². The minimum atomic E-state index is 0.0148. The van der Waals surface area contributed by atoms with Gasteiger partial charge in [0.05, 0.1) is 0 Å². The summed E-state index contributed by atoms with van der Waals surface area (Å²) in [5.74, 6) is 0.0148. The third-order valence-corrected chi connectivity index (χ3v) is 3.15. The van der Waals surface area contributed by atoms with E-state index in [-0.39, 0.29) is 17.4 Å². The molecule has 1 heterocycles. The highest BCUT2D eigenvalue weighted by Gasteiger charge is 2.10. The molecule has 0 atom stereocenters. The minimum absolute atomic E-state index is 0.0148. The van der Waals surface area contributed by atoms with Gasteiger partial charge in [-0.05, 0) is 18.6 Å². The number of pyridine rings is 1. The molecule has 0 aliphatic rings. The lowest BCUT2D eigenvalue weighted by Gasteiger charge is -2.04. The molecule has 92 valence electrons. The van der Waals surface area contributed by atoms with Gasteiger partial charge in [0.25, 0.3) is 0 Å². The number of hydrogen-bond donors (Lipinski definition) is 0. The molecule has 18 heavy (non-hydrogen) atoms. The highest BCUT2D eigenvalue weighted by atomic mass is 35.5. The average molecular weight is 280 g/mol. The van der Waals surface area contributed by atoms with E-state index in [0.717, 1.165) is 5.56 Å². The summed E-state index contributed by atoms with van der Waals surface area (Å²) in [4.78, 5) is 16.0. The van der Waals surface area contributed by atoms with Crippen molar-refractivity contribution >= 4 is 29.0 Å². The Morgan fingerprint density at radius 1 is 1.11 bits per heavy atom. The molecule has 0 saturated carbocycles. The Kier molecular flexibility index (Phi) is 4.00. The van der Waals surface area contributed by atoms with Crippen molar-refractivity contribution in [2.45, 2.75) is 13.3 Å². The molecule has 0 N–H and O–H groups in total. The summed E-state index contributed by atoms with van der Waals surface area (Å²) in [6.45, 7) is 1.98. The van der Waals surface area contributed by atoms with E-state index < -0.39 is 0 Å². The highest BCUT2D eigenvalue weighted by Crippen LogP contribution is 2.18. The van der Waals surface area contributed by atoms with Gasteiger partial charge in [-0.25, -0.2) is 4.98 Å². The van der Waals surface area contributed by atoms with Gasteiger partial charge in [-0.3, -0.25) is 4.79 Å². The zero-order valence-electron chi connectivity index (χ0n) is 9.78.